The summed E-state index contributed by atoms with van der Waals surface area (Å²) >= 11 is 0. The molecule has 1 heterocycles. The number of benzene rings is 2. The van der Waals surface area contributed by atoms with Crippen molar-refractivity contribution in [2.75, 3.05) is 24.7 Å². The second kappa shape index (κ2) is 12.0. The van der Waals surface area contributed by atoms with Gasteiger partial charge in [-0.2, -0.15) is 5.26 Å². The van der Waals surface area contributed by atoms with E-state index in [1.165, 1.54) is 6.07 Å². The molecular weight excluding hydrogens is 404 g/mol. The molecule has 1 atom stereocenters. The molecule has 164 valence electrons. The number of nitrogens with zero attached hydrogens (tertiary/aromatic N) is 3. The van der Waals surface area contributed by atoms with Gasteiger partial charge in [0.1, 0.15) is 5.75 Å². The normalized spacial score (nSPS) is 16.5. The second-order valence-electron chi connectivity index (χ2n) is 7.03. The smallest absolute Gasteiger partial charge is 0.312 e. The van der Waals surface area contributed by atoms with Gasteiger partial charge in [-0.05, 0) is 56.4 Å². The third-order valence-corrected chi connectivity index (χ3v) is 4.76. The summed E-state index contributed by atoms with van der Waals surface area (Å²) in [6, 6.07) is 12.3. The van der Waals surface area contributed by atoms with Crippen LogP contribution in [0.15, 0.2) is 53.5 Å². The Morgan fingerprint density at radius 3 is 2.68 bits per heavy atom. The average Bonchev–Trinajstić information content (AvgIpc) is 2.79. The van der Waals surface area contributed by atoms with E-state index in [-0.39, 0.29) is 12.3 Å². The highest BCUT2D eigenvalue weighted by atomic mass is 19.2. The van der Waals surface area contributed by atoms with Gasteiger partial charge in [-0.15, -0.1) is 4.99 Å². The van der Waals surface area contributed by atoms with Gasteiger partial charge in [0.15, 0.2) is 17.9 Å². The van der Waals surface area contributed by atoms with Gasteiger partial charge in [0.2, 0.25) is 6.19 Å². The van der Waals surface area contributed by atoms with Gasteiger partial charge in [-0.25, -0.2) is 8.78 Å². The topological polar surface area (TPSA) is 67.1 Å². The molecule has 2 aromatic rings. The first-order chi connectivity index (χ1) is 15.2. The molecule has 0 bridgehead atoms. The van der Waals surface area contributed by atoms with E-state index in [1.807, 2.05) is 6.07 Å². The Kier molecular flexibility index (Phi) is 8.76. The van der Waals surface area contributed by atoms with E-state index in [1.54, 1.807) is 35.4 Å². The van der Waals surface area contributed by atoms with E-state index >= 15 is 0 Å². The number of nitriles is 1. The number of halogens is 2. The molecule has 0 aromatic heterocycles. The minimum Gasteiger partial charge on any atom is -0.425 e. The van der Waals surface area contributed by atoms with Crippen molar-refractivity contribution in [3.8, 4) is 11.9 Å². The SMILES string of the molecule is N#CN=C(Oc1ccccc1)N(CCCCOC1CCCCO1)c1ccc(F)c(F)c1. The fourth-order valence-corrected chi connectivity index (χ4v) is 3.19. The molecule has 0 N–H and O–H groups in total. The molecule has 1 aliphatic rings. The van der Waals surface area contributed by atoms with Crippen LogP contribution in [0.25, 0.3) is 0 Å². The van der Waals surface area contributed by atoms with E-state index in [0.717, 1.165) is 38.0 Å². The molecule has 0 radical (unpaired) electrons. The lowest BCUT2D eigenvalue weighted by molar-refractivity contribution is -0.162. The van der Waals surface area contributed by atoms with Crippen LogP contribution in [0.3, 0.4) is 0 Å². The van der Waals surface area contributed by atoms with Crippen molar-refractivity contribution in [1.82, 2.24) is 0 Å². The van der Waals surface area contributed by atoms with Crippen LogP contribution in [-0.4, -0.2) is 32.1 Å². The predicted molar refractivity (Wildman–Crippen MR) is 113 cm³/mol. The van der Waals surface area contributed by atoms with Gasteiger partial charge in [0, 0.05) is 31.5 Å². The lowest BCUT2D eigenvalue weighted by Crippen LogP contribution is -2.36. The largest absolute Gasteiger partial charge is 0.425 e. The zero-order chi connectivity index (χ0) is 21.9. The number of aliphatic imine (C=N–C) groups is 1. The molecule has 1 fully saturated rings. The highest BCUT2D eigenvalue weighted by molar-refractivity contribution is 5.93. The minimum atomic E-state index is -0.990. The summed E-state index contributed by atoms with van der Waals surface area (Å²) in [5.41, 5.74) is 0.334. The fraction of sp³-hybridized carbons (Fsp3) is 0.391. The Morgan fingerprint density at radius 2 is 1.97 bits per heavy atom. The maximum absolute atomic E-state index is 13.9. The Balaban J connectivity index is 1.68. The number of rotatable bonds is 8. The fourth-order valence-electron chi connectivity index (χ4n) is 3.19. The zero-order valence-electron chi connectivity index (χ0n) is 17.2. The number of amidine groups is 1. The number of ether oxygens (including phenoxy) is 3. The number of anilines is 1. The average molecular weight is 429 g/mol. The first-order valence-corrected chi connectivity index (χ1v) is 10.3. The van der Waals surface area contributed by atoms with Crippen LogP contribution in [0, 0.1) is 23.1 Å². The van der Waals surface area contributed by atoms with Crippen LogP contribution >= 0.6 is 0 Å². The van der Waals surface area contributed by atoms with Crippen molar-refractivity contribution in [2.24, 2.45) is 4.99 Å². The Bertz CT molecular complexity index is 897. The van der Waals surface area contributed by atoms with Crippen LogP contribution in [0.5, 0.6) is 5.75 Å². The molecule has 0 spiro atoms. The van der Waals surface area contributed by atoms with Crippen LogP contribution in [0.2, 0.25) is 0 Å². The summed E-state index contributed by atoms with van der Waals surface area (Å²) in [6.07, 6.45) is 5.97. The molecule has 1 unspecified atom stereocenters. The summed E-state index contributed by atoms with van der Waals surface area (Å²) in [4.78, 5) is 5.33. The van der Waals surface area contributed by atoms with E-state index in [4.69, 9.17) is 19.5 Å². The molecule has 0 aliphatic carbocycles. The molecule has 1 saturated heterocycles. The summed E-state index contributed by atoms with van der Waals surface area (Å²) < 4.78 is 44.4. The minimum absolute atomic E-state index is 0.0174. The zero-order valence-corrected chi connectivity index (χ0v) is 17.2. The third-order valence-electron chi connectivity index (χ3n) is 4.76. The third kappa shape index (κ3) is 7.02. The molecule has 2 aromatic carbocycles. The monoisotopic (exact) mass is 429 g/mol. The number of hydrogen-bond acceptors (Lipinski definition) is 5. The Labute approximate surface area is 180 Å². The Hall–Kier alpha value is -3.02. The summed E-state index contributed by atoms with van der Waals surface area (Å²) in [5.74, 6) is -1.47. The number of para-hydroxylation sites is 1. The van der Waals surface area contributed by atoms with E-state index in [2.05, 4.69) is 4.99 Å². The van der Waals surface area contributed by atoms with Crippen molar-refractivity contribution in [3.63, 3.8) is 0 Å². The van der Waals surface area contributed by atoms with Gasteiger partial charge in [-0.3, -0.25) is 4.90 Å². The predicted octanol–water partition coefficient (Wildman–Crippen LogP) is 5.01. The maximum atomic E-state index is 13.9. The van der Waals surface area contributed by atoms with Crippen molar-refractivity contribution >= 4 is 11.7 Å². The van der Waals surface area contributed by atoms with Gasteiger partial charge in [-0.1, -0.05) is 18.2 Å². The van der Waals surface area contributed by atoms with Gasteiger partial charge < -0.3 is 14.2 Å². The highest BCUT2D eigenvalue weighted by Gasteiger charge is 2.19. The number of unbranched alkanes of at least 4 members (excludes halogenated alkanes) is 1. The standard InChI is InChI=1S/C23H25F2N3O3/c24-20-12-11-18(16-21(20)25)28(13-5-7-15-30-22-10-4-6-14-29-22)23(27-17-26)31-19-8-2-1-3-9-19/h1-3,8-9,11-12,16,22H,4-7,10,13-15H2. The molecule has 31 heavy (non-hydrogen) atoms. The molecule has 0 saturated carbocycles. The maximum Gasteiger partial charge on any atom is 0.312 e. The van der Waals surface area contributed by atoms with Crippen LogP contribution < -0.4 is 9.64 Å². The molecule has 3 rings (SSSR count). The van der Waals surface area contributed by atoms with Crippen LogP contribution in [0.4, 0.5) is 14.5 Å². The first-order valence-electron chi connectivity index (χ1n) is 10.3. The van der Waals surface area contributed by atoms with E-state index < -0.39 is 11.6 Å². The first kappa shape index (κ1) is 22.7. The van der Waals surface area contributed by atoms with Crippen molar-refractivity contribution in [3.05, 3.63) is 60.2 Å². The molecule has 8 heteroatoms. The second-order valence-corrected chi connectivity index (χ2v) is 7.03. The molecule has 6 nitrogen and oxygen atoms in total. The van der Waals surface area contributed by atoms with Crippen molar-refractivity contribution in [2.45, 2.75) is 38.4 Å². The van der Waals surface area contributed by atoms with E-state index in [0.29, 0.717) is 37.4 Å². The number of hydrogen-bond donors (Lipinski definition) is 0. The summed E-state index contributed by atoms with van der Waals surface area (Å²) in [6.45, 7) is 1.60. The molecular formula is C23H25F2N3O3. The van der Waals surface area contributed by atoms with Crippen LogP contribution in [-0.2, 0) is 9.47 Å². The Morgan fingerprint density at radius 1 is 1.13 bits per heavy atom. The molecule has 0 amide bonds. The molecule has 1 aliphatic heterocycles. The van der Waals surface area contributed by atoms with E-state index in [9.17, 15) is 8.78 Å². The lowest BCUT2D eigenvalue weighted by Gasteiger charge is -2.25. The van der Waals surface area contributed by atoms with Gasteiger partial charge in [0.25, 0.3) is 0 Å². The lowest BCUT2D eigenvalue weighted by atomic mass is 10.2. The quantitative estimate of drug-likeness (QED) is 0.255. The summed E-state index contributed by atoms with van der Waals surface area (Å²) in [7, 11) is 0. The van der Waals surface area contributed by atoms with Crippen molar-refractivity contribution < 1.29 is 23.0 Å². The van der Waals surface area contributed by atoms with Gasteiger partial charge >= 0.3 is 6.02 Å². The van der Waals surface area contributed by atoms with Crippen LogP contribution in [0.1, 0.15) is 32.1 Å². The van der Waals surface area contributed by atoms with Gasteiger partial charge in [0.05, 0.1) is 0 Å². The van der Waals surface area contributed by atoms with Crippen molar-refractivity contribution in [1.29, 1.82) is 5.26 Å². The summed E-state index contributed by atoms with van der Waals surface area (Å²) in [5, 5.41) is 9.15. The highest BCUT2D eigenvalue weighted by Crippen LogP contribution is 2.21.